The zero-order valence-corrected chi connectivity index (χ0v) is 9.61. The molecule has 0 radical (unpaired) electrons. The summed E-state index contributed by atoms with van der Waals surface area (Å²) < 4.78 is 5.51. The van der Waals surface area contributed by atoms with Gasteiger partial charge < -0.3 is 15.8 Å². The molecule has 3 rings (SSSR count). The van der Waals surface area contributed by atoms with Crippen LogP contribution < -0.4 is 15.8 Å². The van der Waals surface area contributed by atoms with E-state index in [0.717, 1.165) is 24.2 Å². The minimum Gasteiger partial charge on any atom is -0.492 e. The fourth-order valence-electron chi connectivity index (χ4n) is 2.26. The van der Waals surface area contributed by atoms with Crippen molar-refractivity contribution in [3.05, 3.63) is 29.8 Å². The van der Waals surface area contributed by atoms with Gasteiger partial charge >= 0.3 is 0 Å². The molecule has 0 bridgehead atoms. The molecule has 3 N–H and O–H groups in total. The maximum Gasteiger partial charge on any atom is 0.231 e. The number of hydrogen-bond donors (Lipinski definition) is 2. The number of ether oxygens (including phenoxy) is 1. The van der Waals surface area contributed by atoms with E-state index in [9.17, 15) is 4.79 Å². The van der Waals surface area contributed by atoms with Gasteiger partial charge in [0.2, 0.25) is 5.91 Å². The lowest BCUT2D eigenvalue weighted by Crippen LogP contribution is -2.44. The lowest BCUT2D eigenvalue weighted by molar-refractivity contribution is -0.123. The first-order valence-corrected chi connectivity index (χ1v) is 5.98. The molecule has 1 atom stereocenters. The number of fused-ring (bicyclic) bond motifs is 1. The molecule has 90 valence electrons. The summed E-state index contributed by atoms with van der Waals surface area (Å²) in [5.41, 5.74) is 6.52. The first kappa shape index (κ1) is 10.6. The summed E-state index contributed by atoms with van der Waals surface area (Å²) in [7, 11) is 0. The fraction of sp³-hybridized carbons (Fsp3) is 0.462. The van der Waals surface area contributed by atoms with Gasteiger partial charge in [0.25, 0.3) is 0 Å². The summed E-state index contributed by atoms with van der Waals surface area (Å²) in [6.45, 7) is 0.958. The second kappa shape index (κ2) is 3.74. The van der Waals surface area contributed by atoms with E-state index in [1.165, 1.54) is 0 Å². The van der Waals surface area contributed by atoms with Crippen molar-refractivity contribution in [1.82, 2.24) is 5.32 Å². The SMILES string of the molecule is NCC1(NC(=O)C2COc3ccccc32)CC1. The first-order valence-electron chi connectivity index (χ1n) is 5.98. The molecule has 1 aliphatic carbocycles. The van der Waals surface area contributed by atoms with E-state index in [4.69, 9.17) is 10.5 Å². The molecule has 1 saturated carbocycles. The second-order valence-electron chi connectivity index (χ2n) is 4.88. The van der Waals surface area contributed by atoms with Gasteiger partial charge in [-0.2, -0.15) is 0 Å². The van der Waals surface area contributed by atoms with Crippen LogP contribution in [0.3, 0.4) is 0 Å². The Hall–Kier alpha value is -1.55. The monoisotopic (exact) mass is 232 g/mol. The lowest BCUT2D eigenvalue weighted by Gasteiger charge is -2.17. The molecule has 1 unspecified atom stereocenters. The van der Waals surface area contributed by atoms with Crippen molar-refractivity contribution in [2.45, 2.75) is 24.3 Å². The largest absolute Gasteiger partial charge is 0.492 e. The number of carbonyl (C=O) groups excluding carboxylic acids is 1. The Morgan fingerprint density at radius 2 is 2.24 bits per heavy atom. The standard InChI is InChI=1S/C13H16N2O2/c14-8-13(5-6-13)15-12(16)10-7-17-11-4-2-1-3-9(10)11/h1-4,10H,5-8,14H2,(H,15,16). The van der Waals surface area contributed by atoms with Gasteiger partial charge in [-0.3, -0.25) is 4.79 Å². The predicted molar refractivity (Wildman–Crippen MR) is 63.8 cm³/mol. The normalized spacial score (nSPS) is 23.7. The number of nitrogens with two attached hydrogens (primary N) is 1. The molecule has 17 heavy (non-hydrogen) atoms. The molecule has 4 heteroatoms. The van der Waals surface area contributed by atoms with Gasteiger partial charge in [0.05, 0.1) is 5.54 Å². The molecule has 4 nitrogen and oxygen atoms in total. The quantitative estimate of drug-likeness (QED) is 0.809. The number of rotatable bonds is 3. The van der Waals surface area contributed by atoms with Crippen molar-refractivity contribution in [1.29, 1.82) is 0 Å². The number of nitrogens with one attached hydrogen (secondary N) is 1. The summed E-state index contributed by atoms with van der Waals surface area (Å²) in [5.74, 6) is 0.679. The molecule has 0 aromatic heterocycles. The van der Waals surface area contributed by atoms with E-state index in [1.54, 1.807) is 0 Å². The molecule has 1 aromatic carbocycles. The van der Waals surface area contributed by atoms with Crippen LogP contribution in [-0.4, -0.2) is 24.6 Å². The molecule has 1 aromatic rings. The Morgan fingerprint density at radius 1 is 1.47 bits per heavy atom. The van der Waals surface area contributed by atoms with Crippen LogP contribution in [0.15, 0.2) is 24.3 Å². The number of carbonyl (C=O) groups is 1. The van der Waals surface area contributed by atoms with Crippen LogP contribution in [0.25, 0.3) is 0 Å². The maximum absolute atomic E-state index is 12.2. The highest BCUT2D eigenvalue weighted by molar-refractivity contribution is 5.86. The van der Waals surface area contributed by atoms with Crippen LogP contribution in [0, 0.1) is 0 Å². The highest BCUT2D eigenvalue weighted by atomic mass is 16.5. The predicted octanol–water partition coefficient (Wildman–Crippen LogP) is 0.770. The first-order chi connectivity index (χ1) is 8.24. The summed E-state index contributed by atoms with van der Waals surface area (Å²) >= 11 is 0. The molecule has 1 heterocycles. The van der Waals surface area contributed by atoms with Gasteiger partial charge in [0.1, 0.15) is 18.3 Å². The van der Waals surface area contributed by atoms with Gasteiger partial charge in [-0.25, -0.2) is 0 Å². The molecule has 0 saturated heterocycles. The molecule has 1 aliphatic heterocycles. The Morgan fingerprint density at radius 3 is 2.94 bits per heavy atom. The van der Waals surface area contributed by atoms with Gasteiger partial charge in [-0.05, 0) is 18.9 Å². The van der Waals surface area contributed by atoms with Crippen molar-refractivity contribution < 1.29 is 9.53 Å². The lowest BCUT2D eigenvalue weighted by atomic mass is 10.00. The average molecular weight is 232 g/mol. The Kier molecular flexibility index (Phi) is 2.33. The van der Waals surface area contributed by atoms with E-state index >= 15 is 0 Å². The van der Waals surface area contributed by atoms with Gasteiger partial charge in [0, 0.05) is 12.1 Å². The summed E-state index contributed by atoms with van der Waals surface area (Å²) in [6.07, 6.45) is 1.98. The third-order valence-electron chi connectivity index (χ3n) is 3.65. The van der Waals surface area contributed by atoms with E-state index < -0.39 is 0 Å². The minimum atomic E-state index is -0.185. The molecular weight excluding hydrogens is 216 g/mol. The Balaban J connectivity index is 1.76. The molecule has 1 amide bonds. The molecular formula is C13H16N2O2. The number of amides is 1. The van der Waals surface area contributed by atoms with E-state index in [2.05, 4.69) is 5.32 Å². The van der Waals surface area contributed by atoms with E-state index in [1.807, 2.05) is 24.3 Å². The van der Waals surface area contributed by atoms with Crippen molar-refractivity contribution >= 4 is 5.91 Å². The van der Waals surface area contributed by atoms with Crippen LogP contribution in [0.1, 0.15) is 24.3 Å². The van der Waals surface area contributed by atoms with E-state index in [-0.39, 0.29) is 17.4 Å². The third-order valence-corrected chi connectivity index (χ3v) is 3.65. The van der Waals surface area contributed by atoms with Gasteiger partial charge in [-0.1, -0.05) is 18.2 Å². The second-order valence-corrected chi connectivity index (χ2v) is 4.88. The van der Waals surface area contributed by atoms with Gasteiger partial charge in [-0.15, -0.1) is 0 Å². The summed E-state index contributed by atoms with van der Waals surface area (Å²) in [4.78, 5) is 12.2. The van der Waals surface area contributed by atoms with Crippen LogP contribution >= 0.6 is 0 Å². The number of para-hydroxylation sites is 1. The molecule has 2 aliphatic rings. The minimum absolute atomic E-state index is 0.0397. The van der Waals surface area contributed by atoms with Crippen LogP contribution in [0.5, 0.6) is 5.75 Å². The molecule has 1 fully saturated rings. The van der Waals surface area contributed by atoms with Crippen molar-refractivity contribution in [2.75, 3.05) is 13.2 Å². The van der Waals surface area contributed by atoms with E-state index in [0.29, 0.717) is 13.2 Å². The third kappa shape index (κ3) is 1.78. The Bertz CT molecular complexity index is 454. The Labute approximate surface area is 100 Å². The topological polar surface area (TPSA) is 64.3 Å². The fourth-order valence-corrected chi connectivity index (χ4v) is 2.26. The average Bonchev–Trinajstić information content (AvgIpc) is 2.99. The van der Waals surface area contributed by atoms with Crippen molar-refractivity contribution in [3.8, 4) is 5.75 Å². The van der Waals surface area contributed by atoms with Crippen LogP contribution in [-0.2, 0) is 4.79 Å². The molecule has 0 spiro atoms. The van der Waals surface area contributed by atoms with Crippen molar-refractivity contribution in [3.63, 3.8) is 0 Å². The highest BCUT2D eigenvalue weighted by Crippen LogP contribution is 2.37. The zero-order chi connectivity index (χ0) is 11.9. The van der Waals surface area contributed by atoms with Crippen molar-refractivity contribution in [2.24, 2.45) is 5.73 Å². The van der Waals surface area contributed by atoms with Crippen LogP contribution in [0.4, 0.5) is 0 Å². The summed E-state index contributed by atoms with van der Waals surface area (Å²) in [6, 6.07) is 7.71. The zero-order valence-electron chi connectivity index (χ0n) is 9.61. The maximum atomic E-state index is 12.2. The van der Waals surface area contributed by atoms with Gasteiger partial charge in [0.15, 0.2) is 0 Å². The number of hydrogen-bond acceptors (Lipinski definition) is 3. The van der Waals surface area contributed by atoms with Crippen LogP contribution in [0.2, 0.25) is 0 Å². The smallest absolute Gasteiger partial charge is 0.231 e. The summed E-state index contributed by atoms with van der Waals surface area (Å²) in [5, 5.41) is 3.06. The number of benzene rings is 1. The highest BCUT2D eigenvalue weighted by Gasteiger charge is 2.44.